The Balaban J connectivity index is 1.70. The number of fused-ring (bicyclic) bond motifs is 1. The van der Waals surface area contributed by atoms with E-state index in [9.17, 15) is 14.9 Å². The van der Waals surface area contributed by atoms with Crippen molar-refractivity contribution in [2.24, 2.45) is 13.0 Å². The fourth-order valence-corrected chi connectivity index (χ4v) is 5.48. The highest BCUT2D eigenvalue weighted by Crippen LogP contribution is 2.44. The lowest BCUT2D eigenvalue weighted by Gasteiger charge is -2.46. The van der Waals surface area contributed by atoms with E-state index in [1.807, 2.05) is 30.4 Å². The number of nitriles is 1. The second kappa shape index (κ2) is 10.4. The summed E-state index contributed by atoms with van der Waals surface area (Å²) in [7, 11) is 5.00. The molecule has 1 atom stereocenters. The Labute approximate surface area is 223 Å². The van der Waals surface area contributed by atoms with Crippen LogP contribution in [0.2, 0.25) is 0 Å². The van der Waals surface area contributed by atoms with Gasteiger partial charge < -0.3 is 24.3 Å². The molecular formula is C29H35N5O4. The smallest absolute Gasteiger partial charge is 0.255 e. The van der Waals surface area contributed by atoms with Crippen molar-refractivity contribution in [1.82, 2.24) is 14.5 Å². The van der Waals surface area contributed by atoms with Gasteiger partial charge in [-0.15, -0.1) is 0 Å². The van der Waals surface area contributed by atoms with Crippen LogP contribution in [0.25, 0.3) is 11.0 Å². The number of benzene rings is 1. The van der Waals surface area contributed by atoms with E-state index < -0.39 is 0 Å². The Hall–Kier alpha value is -4.06. The van der Waals surface area contributed by atoms with Crippen LogP contribution in [0, 0.1) is 17.2 Å². The molecule has 4 rings (SSSR count). The quantitative estimate of drug-likeness (QED) is 0.500. The van der Waals surface area contributed by atoms with Gasteiger partial charge in [0.05, 0.1) is 31.4 Å². The van der Waals surface area contributed by atoms with Crippen molar-refractivity contribution in [2.45, 2.75) is 52.0 Å². The van der Waals surface area contributed by atoms with Crippen LogP contribution < -0.4 is 14.8 Å². The van der Waals surface area contributed by atoms with Crippen molar-refractivity contribution in [3.8, 4) is 17.6 Å². The van der Waals surface area contributed by atoms with E-state index in [1.165, 1.54) is 13.2 Å². The highest BCUT2D eigenvalue weighted by molar-refractivity contribution is 6.07. The first-order valence-corrected chi connectivity index (χ1v) is 12.7. The van der Waals surface area contributed by atoms with E-state index in [1.54, 1.807) is 25.4 Å². The summed E-state index contributed by atoms with van der Waals surface area (Å²) in [6, 6.07) is 6.75. The van der Waals surface area contributed by atoms with Crippen LogP contribution in [0.4, 0.5) is 5.69 Å². The molecule has 0 aliphatic carbocycles. The number of amides is 2. The van der Waals surface area contributed by atoms with E-state index in [0.29, 0.717) is 29.3 Å². The minimum atomic E-state index is -0.386. The number of rotatable bonds is 6. The number of carbonyl (C=O) groups is 2. The summed E-state index contributed by atoms with van der Waals surface area (Å²) < 4.78 is 13.0. The van der Waals surface area contributed by atoms with Gasteiger partial charge in [0.15, 0.2) is 5.75 Å². The average Bonchev–Trinajstić information content (AvgIpc) is 3.23. The number of carbonyl (C=O) groups excluding carboxylic acids is 2. The molecular weight excluding hydrogens is 482 g/mol. The standard InChI is InChI=1S/C29H35N5O4/c1-17(2)28(36)34-11-10-19(13-29(34,3)4)21-16-33(5)26-24(21)25(38-7)22(15-31-26)32-27(35)18-8-9-23(37-6)20(12-18)14-30/h8-9,12,15-17,19H,10-11,13H2,1-7H3,(H,32,35). The van der Waals surface area contributed by atoms with Crippen molar-refractivity contribution in [3.05, 3.63) is 47.3 Å². The third-order valence-electron chi connectivity index (χ3n) is 7.38. The molecule has 3 heterocycles. The van der Waals surface area contributed by atoms with E-state index in [4.69, 9.17) is 9.47 Å². The SMILES string of the molecule is COc1ccc(C(=O)Nc2cnc3c(c(C4CCN(C(=O)C(C)C)C(C)(C)C4)cn3C)c2OC)cc1C#N. The van der Waals surface area contributed by atoms with E-state index in [-0.39, 0.29) is 34.8 Å². The van der Waals surface area contributed by atoms with Gasteiger partial charge in [-0.1, -0.05) is 13.8 Å². The van der Waals surface area contributed by atoms with Crippen LogP contribution in [-0.4, -0.2) is 52.6 Å². The van der Waals surface area contributed by atoms with Gasteiger partial charge in [-0.2, -0.15) is 5.26 Å². The molecule has 1 fully saturated rings. The van der Waals surface area contributed by atoms with Gasteiger partial charge in [0, 0.05) is 36.8 Å². The van der Waals surface area contributed by atoms with Gasteiger partial charge in [0.25, 0.3) is 5.91 Å². The normalized spacial score (nSPS) is 16.8. The molecule has 2 amide bonds. The topological polar surface area (TPSA) is 109 Å². The molecule has 3 aromatic rings. The van der Waals surface area contributed by atoms with Crippen LogP contribution in [-0.2, 0) is 11.8 Å². The number of nitrogens with zero attached hydrogens (tertiary/aromatic N) is 4. The molecule has 0 saturated carbocycles. The summed E-state index contributed by atoms with van der Waals surface area (Å²) in [5.41, 5.74) is 2.58. The van der Waals surface area contributed by atoms with Gasteiger partial charge in [0.1, 0.15) is 23.2 Å². The fourth-order valence-electron chi connectivity index (χ4n) is 5.48. The molecule has 38 heavy (non-hydrogen) atoms. The predicted molar refractivity (Wildman–Crippen MR) is 146 cm³/mol. The lowest BCUT2D eigenvalue weighted by atomic mass is 9.78. The van der Waals surface area contributed by atoms with E-state index in [0.717, 1.165) is 29.4 Å². The first kappa shape index (κ1) is 27.0. The first-order valence-electron chi connectivity index (χ1n) is 12.7. The number of aromatic nitrogens is 2. The molecule has 1 aliphatic heterocycles. The van der Waals surface area contributed by atoms with Crippen LogP contribution in [0.15, 0.2) is 30.6 Å². The van der Waals surface area contributed by atoms with Crippen molar-refractivity contribution in [1.29, 1.82) is 5.26 Å². The van der Waals surface area contributed by atoms with E-state index >= 15 is 0 Å². The third kappa shape index (κ3) is 4.78. The highest BCUT2D eigenvalue weighted by Gasteiger charge is 2.40. The number of ether oxygens (including phenoxy) is 2. The number of nitrogens with one attached hydrogen (secondary N) is 1. The van der Waals surface area contributed by atoms with Crippen molar-refractivity contribution in [2.75, 3.05) is 26.1 Å². The van der Waals surface area contributed by atoms with Crippen LogP contribution >= 0.6 is 0 Å². The molecule has 1 aliphatic rings. The molecule has 200 valence electrons. The monoisotopic (exact) mass is 517 g/mol. The van der Waals surface area contributed by atoms with Crippen molar-refractivity contribution in [3.63, 3.8) is 0 Å². The summed E-state index contributed by atoms with van der Waals surface area (Å²) in [5, 5.41) is 13.2. The molecule has 0 radical (unpaired) electrons. The number of pyridine rings is 1. The maximum Gasteiger partial charge on any atom is 0.255 e. The molecule has 1 unspecified atom stereocenters. The largest absolute Gasteiger partial charge is 0.495 e. The zero-order valence-electron chi connectivity index (χ0n) is 23.1. The lowest BCUT2D eigenvalue weighted by molar-refractivity contribution is -0.142. The van der Waals surface area contributed by atoms with Crippen molar-refractivity contribution < 1.29 is 19.1 Å². The maximum atomic E-state index is 13.1. The molecule has 9 heteroatoms. The molecule has 2 aromatic heterocycles. The summed E-state index contributed by atoms with van der Waals surface area (Å²) >= 11 is 0. The van der Waals surface area contributed by atoms with Crippen LogP contribution in [0.3, 0.4) is 0 Å². The third-order valence-corrected chi connectivity index (χ3v) is 7.38. The first-order chi connectivity index (χ1) is 18.0. The number of piperidine rings is 1. The second-order valence-corrected chi connectivity index (χ2v) is 10.7. The minimum Gasteiger partial charge on any atom is -0.495 e. The fraction of sp³-hybridized carbons (Fsp3) is 0.448. The zero-order valence-corrected chi connectivity index (χ0v) is 23.1. The highest BCUT2D eigenvalue weighted by atomic mass is 16.5. The Bertz CT molecular complexity index is 1430. The molecule has 1 saturated heterocycles. The van der Waals surface area contributed by atoms with Gasteiger partial charge in [-0.05, 0) is 56.4 Å². The molecule has 0 spiro atoms. The van der Waals surface area contributed by atoms with Gasteiger partial charge >= 0.3 is 0 Å². The Morgan fingerprint density at radius 3 is 2.58 bits per heavy atom. The number of aryl methyl sites for hydroxylation is 1. The lowest BCUT2D eigenvalue weighted by Crippen LogP contribution is -2.53. The van der Waals surface area contributed by atoms with Crippen LogP contribution in [0.1, 0.15) is 67.9 Å². The minimum absolute atomic E-state index is 0.0474. The Morgan fingerprint density at radius 2 is 1.97 bits per heavy atom. The van der Waals surface area contributed by atoms with Crippen molar-refractivity contribution >= 4 is 28.5 Å². The summed E-state index contributed by atoms with van der Waals surface area (Å²) in [4.78, 5) is 32.6. The molecule has 9 nitrogen and oxygen atoms in total. The summed E-state index contributed by atoms with van der Waals surface area (Å²) in [6.07, 6.45) is 5.29. The van der Waals surface area contributed by atoms with Gasteiger partial charge in [-0.25, -0.2) is 4.98 Å². The summed E-state index contributed by atoms with van der Waals surface area (Å²) in [5.74, 6) is 0.866. The van der Waals surface area contributed by atoms with Gasteiger partial charge in [-0.3, -0.25) is 9.59 Å². The Morgan fingerprint density at radius 1 is 1.24 bits per heavy atom. The molecule has 0 bridgehead atoms. The zero-order chi connectivity index (χ0) is 27.8. The van der Waals surface area contributed by atoms with E-state index in [2.05, 4.69) is 36.4 Å². The average molecular weight is 518 g/mol. The number of methoxy groups -OCH3 is 2. The summed E-state index contributed by atoms with van der Waals surface area (Å²) in [6.45, 7) is 8.80. The van der Waals surface area contributed by atoms with Crippen LogP contribution in [0.5, 0.6) is 11.5 Å². The molecule has 1 N–H and O–H groups in total. The second-order valence-electron chi connectivity index (χ2n) is 10.7. The number of hydrogen-bond acceptors (Lipinski definition) is 6. The Kier molecular flexibility index (Phi) is 7.36. The predicted octanol–water partition coefficient (Wildman–Crippen LogP) is 4.86. The molecule has 1 aromatic carbocycles. The maximum absolute atomic E-state index is 13.1. The number of hydrogen-bond donors (Lipinski definition) is 1. The van der Waals surface area contributed by atoms with Gasteiger partial charge in [0.2, 0.25) is 5.91 Å². The number of likely N-dealkylation sites (tertiary alicyclic amines) is 1. The number of anilines is 1.